The largest absolute Gasteiger partial charge is 0.341 e. The third kappa shape index (κ3) is 4.34. The fraction of sp³-hybridized carbons (Fsp3) is 0.588. The molecular weight excluding hydrogens is 248 g/mol. The van der Waals surface area contributed by atoms with Crippen LogP contribution in [0.1, 0.15) is 37.3 Å². The molecule has 1 aromatic carbocycles. The molecule has 3 nitrogen and oxygen atoms in total. The average Bonchev–Trinajstić information content (AvgIpc) is 2.45. The van der Waals surface area contributed by atoms with Crippen LogP contribution >= 0.6 is 0 Å². The molecule has 1 aromatic rings. The molecule has 1 unspecified atom stereocenters. The number of nitrogens with zero attached hydrogens (tertiary/aromatic N) is 1. The number of hydrogen-bond donors (Lipinski definition) is 1. The van der Waals surface area contributed by atoms with E-state index in [1.807, 2.05) is 17.0 Å². The topological polar surface area (TPSA) is 32.3 Å². The third-order valence-electron chi connectivity index (χ3n) is 4.03. The summed E-state index contributed by atoms with van der Waals surface area (Å²) in [6, 6.07) is 8.71. The maximum atomic E-state index is 12.4. The summed E-state index contributed by atoms with van der Waals surface area (Å²) >= 11 is 0. The lowest BCUT2D eigenvalue weighted by Gasteiger charge is -2.30. The normalized spacial score (nSPS) is 18.8. The number of likely N-dealkylation sites (N-methyl/N-ethyl adjacent to an activating group) is 1. The smallest absolute Gasteiger partial charge is 0.227 e. The fourth-order valence-electron chi connectivity index (χ4n) is 2.86. The van der Waals surface area contributed by atoms with Crippen LogP contribution in [0, 0.1) is 6.92 Å². The molecule has 1 saturated heterocycles. The van der Waals surface area contributed by atoms with Gasteiger partial charge in [0.15, 0.2) is 0 Å². The van der Waals surface area contributed by atoms with E-state index in [1.54, 1.807) is 0 Å². The van der Waals surface area contributed by atoms with Crippen LogP contribution in [0.15, 0.2) is 24.3 Å². The van der Waals surface area contributed by atoms with Gasteiger partial charge in [0.2, 0.25) is 5.91 Å². The van der Waals surface area contributed by atoms with Crippen molar-refractivity contribution < 1.29 is 4.79 Å². The Morgan fingerprint density at radius 1 is 1.40 bits per heavy atom. The first kappa shape index (κ1) is 15.0. The molecule has 20 heavy (non-hydrogen) atoms. The summed E-state index contributed by atoms with van der Waals surface area (Å²) in [7, 11) is 0. The van der Waals surface area contributed by atoms with Crippen LogP contribution in [-0.2, 0) is 11.2 Å². The standard InChI is InChI=1S/C17H26N2O/c1-3-19(13-16-9-4-5-10-18-16)17(20)12-15-8-6-7-14(2)11-15/h6-8,11,16,18H,3-5,9-10,12-13H2,1-2H3. The Morgan fingerprint density at radius 2 is 2.25 bits per heavy atom. The summed E-state index contributed by atoms with van der Waals surface area (Å²) in [6.07, 6.45) is 4.25. The van der Waals surface area contributed by atoms with Crippen molar-refractivity contribution in [3.05, 3.63) is 35.4 Å². The fourth-order valence-corrected chi connectivity index (χ4v) is 2.86. The molecule has 0 aromatic heterocycles. The van der Waals surface area contributed by atoms with Crippen LogP contribution in [0.2, 0.25) is 0 Å². The van der Waals surface area contributed by atoms with Crippen LogP contribution in [0.3, 0.4) is 0 Å². The van der Waals surface area contributed by atoms with E-state index in [2.05, 4.69) is 31.3 Å². The molecule has 1 aliphatic rings. The average molecular weight is 274 g/mol. The van der Waals surface area contributed by atoms with Gasteiger partial charge in [-0.1, -0.05) is 36.2 Å². The summed E-state index contributed by atoms with van der Waals surface area (Å²) in [4.78, 5) is 14.4. The molecule has 0 aliphatic carbocycles. The summed E-state index contributed by atoms with van der Waals surface area (Å²) in [5, 5.41) is 3.52. The van der Waals surface area contributed by atoms with Gasteiger partial charge in [0.25, 0.3) is 0 Å². The second-order valence-corrected chi connectivity index (χ2v) is 5.75. The molecule has 1 atom stereocenters. The molecule has 110 valence electrons. The highest BCUT2D eigenvalue weighted by molar-refractivity contribution is 5.78. The highest BCUT2D eigenvalue weighted by atomic mass is 16.2. The van der Waals surface area contributed by atoms with Gasteiger partial charge in [-0.3, -0.25) is 4.79 Å². The number of hydrogen-bond acceptors (Lipinski definition) is 2. The maximum Gasteiger partial charge on any atom is 0.227 e. The molecule has 1 N–H and O–H groups in total. The lowest BCUT2D eigenvalue weighted by Crippen LogP contribution is -2.46. The van der Waals surface area contributed by atoms with E-state index in [4.69, 9.17) is 0 Å². The zero-order valence-corrected chi connectivity index (χ0v) is 12.7. The van der Waals surface area contributed by atoms with Crippen LogP contribution in [0.25, 0.3) is 0 Å². The lowest BCUT2D eigenvalue weighted by atomic mass is 10.0. The number of amides is 1. The SMILES string of the molecule is CCN(CC1CCCCN1)C(=O)Cc1cccc(C)c1. The Hall–Kier alpha value is -1.35. The zero-order valence-electron chi connectivity index (χ0n) is 12.7. The minimum atomic E-state index is 0.241. The van der Waals surface area contributed by atoms with Crippen LogP contribution < -0.4 is 5.32 Å². The number of aryl methyl sites for hydroxylation is 1. The molecule has 1 fully saturated rings. The molecule has 0 radical (unpaired) electrons. The highest BCUT2D eigenvalue weighted by Gasteiger charge is 2.19. The summed E-state index contributed by atoms with van der Waals surface area (Å²) in [6.45, 7) is 6.87. The first-order valence-electron chi connectivity index (χ1n) is 7.75. The number of carbonyl (C=O) groups excluding carboxylic acids is 1. The quantitative estimate of drug-likeness (QED) is 0.895. The van der Waals surface area contributed by atoms with Gasteiger partial charge in [-0.15, -0.1) is 0 Å². The number of benzene rings is 1. The van der Waals surface area contributed by atoms with E-state index in [9.17, 15) is 4.79 Å². The maximum absolute atomic E-state index is 12.4. The van der Waals surface area contributed by atoms with E-state index in [0.29, 0.717) is 12.5 Å². The second-order valence-electron chi connectivity index (χ2n) is 5.75. The second kappa shape index (κ2) is 7.44. The predicted octanol–water partition coefficient (Wildman–Crippen LogP) is 2.53. The number of piperidine rings is 1. The van der Waals surface area contributed by atoms with Gasteiger partial charge in [0, 0.05) is 19.1 Å². The first-order valence-corrected chi connectivity index (χ1v) is 7.75. The van der Waals surface area contributed by atoms with Crippen molar-refractivity contribution in [2.45, 2.75) is 45.6 Å². The summed E-state index contributed by atoms with van der Waals surface area (Å²) in [5.74, 6) is 0.241. The van der Waals surface area contributed by atoms with E-state index >= 15 is 0 Å². The van der Waals surface area contributed by atoms with Crippen molar-refractivity contribution >= 4 is 5.91 Å². The van der Waals surface area contributed by atoms with Crippen molar-refractivity contribution in [3.63, 3.8) is 0 Å². The third-order valence-corrected chi connectivity index (χ3v) is 4.03. The Morgan fingerprint density at radius 3 is 2.90 bits per heavy atom. The van der Waals surface area contributed by atoms with Gasteiger partial charge in [0.05, 0.1) is 6.42 Å². The lowest BCUT2D eigenvalue weighted by molar-refractivity contribution is -0.130. The van der Waals surface area contributed by atoms with Crippen molar-refractivity contribution in [1.82, 2.24) is 10.2 Å². The van der Waals surface area contributed by atoms with Gasteiger partial charge in [-0.05, 0) is 38.8 Å². The van der Waals surface area contributed by atoms with E-state index in [-0.39, 0.29) is 5.91 Å². The van der Waals surface area contributed by atoms with Crippen LogP contribution in [-0.4, -0.2) is 36.5 Å². The van der Waals surface area contributed by atoms with E-state index in [0.717, 1.165) is 25.2 Å². The summed E-state index contributed by atoms with van der Waals surface area (Å²) < 4.78 is 0. The molecule has 0 saturated carbocycles. The molecule has 1 heterocycles. The van der Waals surface area contributed by atoms with E-state index < -0.39 is 0 Å². The van der Waals surface area contributed by atoms with Crippen molar-refractivity contribution in [2.75, 3.05) is 19.6 Å². The number of rotatable bonds is 5. The van der Waals surface area contributed by atoms with Crippen LogP contribution in [0.5, 0.6) is 0 Å². The minimum absolute atomic E-state index is 0.241. The Balaban J connectivity index is 1.91. The molecule has 3 heteroatoms. The molecule has 1 amide bonds. The van der Waals surface area contributed by atoms with Crippen LogP contribution in [0.4, 0.5) is 0 Å². The van der Waals surface area contributed by atoms with Crippen molar-refractivity contribution in [2.24, 2.45) is 0 Å². The van der Waals surface area contributed by atoms with Crippen molar-refractivity contribution in [3.8, 4) is 0 Å². The monoisotopic (exact) mass is 274 g/mol. The van der Waals surface area contributed by atoms with Gasteiger partial charge in [-0.25, -0.2) is 0 Å². The van der Waals surface area contributed by atoms with Crippen molar-refractivity contribution in [1.29, 1.82) is 0 Å². The number of carbonyl (C=O) groups is 1. The van der Waals surface area contributed by atoms with Gasteiger partial charge >= 0.3 is 0 Å². The Labute approximate surface area is 122 Å². The Kier molecular flexibility index (Phi) is 5.60. The van der Waals surface area contributed by atoms with Gasteiger partial charge in [-0.2, -0.15) is 0 Å². The van der Waals surface area contributed by atoms with Gasteiger partial charge in [0.1, 0.15) is 0 Å². The predicted molar refractivity (Wildman–Crippen MR) is 82.8 cm³/mol. The number of nitrogens with one attached hydrogen (secondary N) is 1. The minimum Gasteiger partial charge on any atom is -0.341 e. The molecule has 0 bridgehead atoms. The molecule has 1 aliphatic heterocycles. The zero-order chi connectivity index (χ0) is 14.4. The molecule has 2 rings (SSSR count). The highest BCUT2D eigenvalue weighted by Crippen LogP contribution is 2.11. The molecule has 0 spiro atoms. The Bertz CT molecular complexity index is 438. The first-order chi connectivity index (χ1) is 9.69. The van der Waals surface area contributed by atoms with E-state index in [1.165, 1.54) is 24.8 Å². The molecular formula is C17H26N2O. The van der Waals surface area contributed by atoms with Gasteiger partial charge < -0.3 is 10.2 Å². The summed E-state index contributed by atoms with van der Waals surface area (Å²) in [5.41, 5.74) is 2.33.